The average Bonchev–Trinajstić information content (AvgIpc) is 3.53. The number of allylic oxidation sites excluding steroid dienone is 1. The van der Waals surface area contributed by atoms with Crippen molar-refractivity contribution >= 4 is 39.0 Å². The van der Waals surface area contributed by atoms with Gasteiger partial charge >= 0.3 is 0 Å². The highest BCUT2D eigenvalue weighted by atomic mass is 35.5. The molecule has 4 heterocycles. The Hall–Kier alpha value is -3.71. The first kappa shape index (κ1) is 35.7. The summed E-state index contributed by atoms with van der Waals surface area (Å²) in [5, 5.41) is 5.11. The monoisotopic (exact) mass is 735 g/mol. The van der Waals surface area contributed by atoms with Gasteiger partial charge in [-0.05, 0) is 104 Å². The van der Waals surface area contributed by atoms with Crippen LogP contribution in [0, 0.1) is 17.8 Å². The fraction of sp³-hybridized carbons (Fsp3) is 0.500. The number of nitrogens with one attached hydrogen (secondary N) is 1. The van der Waals surface area contributed by atoms with Gasteiger partial charge in [0, 0.05) is 30.8 Å². The summed E-state index contributed by atoms with van der Waals surface area (Å²) in [6.45, 7) is 5.15. The zero-order valence-corrected chi connectivity index (χ0v) is 30.8. The van der Waals surface area contributed by atoms with Crippen LogP contribution >= 0.6 is 11.6 Å². The number of methoxy groups -OCH3 is 1. The van der Waals surface area contributed by atoms with Crippen LogP contribution in [-0.2, 0) is 45.5 Å². The van der Waals surface area contributed by atoms with E-state index in [0.717, 1.165) is 50.0 Å². The predicted octanol–water partition coefficient (Wildman–Crippen LogP) is 6.38. The zero-order valence-electron chi connectivity index (χ0n) is 29.2. The lowest BCUT2D eigenvalue weighted by atomic mass is 9.70. The van der Waals surface area contributed by atoms with Gasteiger partial charge in [-0.2, -0.15) is 5.10 Å². The fourth-order valence-electron chi connectivity index (χ4n) is 7.58. The van der Waals surface area contributed by atoms with Crippen molar-refractivity contribution < 1.29 is 28.0 Å². The summed E-state index contributed by atoms with van der Waals surface area (Å²) in [6.07, 6.45) is 9.50. The van der Waals surface area contributed by atoms with Crippen LogP contribution in [0.25, 0.3) is 0 Å². The largest absolute Gasteiger partial charge is 0.491 e. The van der Waals surface area contributed by atoms with Crippen LogP contribution in [0.1, 0.15) is 76.7 Å². The van der Waals surface area contributed by atoms with Gasteiger partial charge in [0.05, 0.1) is 49.6 Å². The van der Waals surface area contributed by atoms with Crippen LogP contribution in [0.15, 0.2) is 59.0 Å². The van der Waals surface area contributed by atoms with Gasteiger partial charge in [-0.3, -0.25) is 19.0 Å². The highest BCUT2D eigenvalue weighted by Gasteiger charge is 2.38. The van der Waals surface area contributed by atoms with E-state index in [1.807, 2.05) is 19.1 Å². The summed E-state index contributed by atoms with van der Waals surface area (Å²) >= 11 is 6.47. The van der Waals surface area contributed by atoms with Gasteiger partial charge in [0.2, 0.25) is 0 Å². The lowest BCUT2D eigenvalue weighted by Crippen LogP contribution is -2.43. The lowest BCUT2D eigenvalue weighted by molar-refractivity contribution is 0.0133. The normalized spacial score (nSPS) is 27.6. The molecule has 3 aliphatic heterocycles. The summed E-state index contributed by atoms with van der Waals surface area (Å²) in [4.78, 5) is 29.8. The Bertz CT molecular complexity index is 1910. The van der Waals surface area contributed by atoms with Crippen molar-refractivity contribution in [2.45, 2.75) is 71.2 Å². The van der Waals surface area contributed by atoms with E-state index in [-0.39, 0.29) is 29.0 Å². The van der Waals surface area contributed by atoms with Crippen LogP contribution in [0.4, 0.5) is 5.69 Å². The Kier molecular flexibility index (Phi) is 10.8. The molecule has 0 spiro atoms. The number of ether oxygens (including phenoxy) is 3. The second kappa shape index (κ2) is 15.5. The molecule has 1 unspecified atom stereocenters. The Morgan fingerprint density at radius 2 is 1.98 bits per heavy atom. The Balaban J connectivity index is 1.30. The number of carbonyl (C=O) groups is 2. The molecule has 51 heavy (non-hydrogen) atoms. The van der Waals surface area contributed by atoms with E-state index in [4.69, 9.17) is 25.8 Å². The number of fused-ring (bicyclic) bond motifs is 4. The van der Waals surface area contributed by atoms with Crippen LogP contribution in [0.3, 0.4) is 0 Å². The van der Waals surface area contributed by atoms with Gasteiger partial charge in [0.1, 0.15) is 15.7 Å². The number of aryl methyl sites for hydroxylation is 1. The van der Waals surface area contributed by atoms with E-state index < -0.39 is 21.7 Å². The average molecular weight is 736 g/mol. The van der Waals surface area contributed by atoms with Gasteiger partial charge in [-0.1, -0.05) is 36.7 Å². The molecule has 0 radical (unpaired) electrons. The molecule has 1 N–H and O–H groups in total. The van der Waals surface area contributed by atoms with Crippen molar-refractivity contribution in [3.8, 4) is 5.75 Å². The molecular weight excluding hydrogens is 690 g/mol. The number of nitrogens with zero attached hydrogens (tertiary/aromatic N) is 4. The van der Waals surface area contributed by atoms with E-state index in [0.29, 0.717) is 61.9 Å². The summed E-state index contributed by atoms with van der Waals surface area (Å²) in [6, 6.07) is 13.0. The first-order valence-electron chi connectivity index (χ1n) is 17.9. The smallest absolute Gasteiger partial charge is 0.286 e. The fourth-order valence-corrected chi connectivity index (χ4v) is 9.65. The molecule has 2 amide bonds. The van der Waals surface area contributed by atoms with Crippen molar-refractivity contribution in [3.63, 3.8) is 0 Å². The van der Waals surface area contributed by atoms with Crippen molar-refractivity contribution in [1.29, 1.82) is 0 Å². The van der Waals surface area contributed by atoms with E-state index in [1.54, 1.807) is 30.0 Å². The number of aromatic nitrogens is 2. The van der Waals surface area contributed by atoms with Crippen LogP contribution in [-0.4, -0.2) is 64.5 Å². The van der Waals surface area contributed by atoms with E-state index in [9.17, 15) is 13.8 Å². The van der Waals surface area contributed by atoms with Crippen LogP contribution < -0.4 is 14.4 Å². The topological polar surface area (TPSA) is 124 Å². The van der Waals surface area contributed by atoms with Crippen LogP contribution in [0.2, 0.25) is 5.02 Å². The Morgan fingerprint density at radius 3 is 2.78 bits per heavy atom. The first-order chi connectivity index (χ1) is 24.7. The number of hydrogen-bond acceptors (Lipinski definition) is 8. The maximum Gasteiger partial charge on any atom is 0.286 e. The second-order valence-electron chi connectivity index (χ2n) is 14.2. The van der Waals surface area contributed by atoms with Gasteiger partial charge in [-0.15, -0.1) is 4.36 Å². The Labute approximate surface area is 305 Å². The third kappa shape index (κ3) is 8.19. The maximum atomic E-state index is 14.6. The minimum atomic E-state index is -3.58. The maximum absolute atomic E-state index is 14.6. The number of anilines is 1. The first-order valence-corrected chi connectivity index (χ1v) is 20.0. The highest BCUT2D eigenvalue weighted by molar-refractivity contribution is 7.92. The van der Waals surface area contributed by atoms with Crippen molar-refractivity contribution in [2.24, 2.45) is 22.1 Å². The molecule has 7 rings (SSSR count). The molecule has 1 fully saturated rings. The van der Waals surface area contributed by atoms with Crippen molar-refractivity contribution in [3.05, 3.63) is 87.7 Å². The summed E-state index contributed by atoms with van der Waals surface area (Å²) in [5.41, 5.74) is 4.29. The lowest BCUT2D eigenvalue weighted by Gasteiger charge is -2.43. The van der Waals surface area contributed by atoms with Gasteiger partial charge < -0.3 is 19.1 Å². The summed E-state index contributed by atoms with van der Waals surface area (Å²) < 4.78 is 41.1. The molecular formula is C38H46ClN5O6S. The number of benzene rings is 2. The zero-order chi connectivity index (χ0) is 35.5. The van der Waals surface area contributed by atoms with E-state index in [2.05, 4.69) is 43.4 Å². The second-order valence-corrected chi connectivity index (χ2v) is 16.6. The van der Waals surface area contributed by atoms with Gasteiger partial charge in [-0.25, -0.2) is 4.21 Å². The van der Waals surface area contributed by atoms with Gasteiger partial charge in [0.15, 0.2) is 5.69 Å². The van der Waals surface area contributed by atoms with E-state index in [1.165, 1.54) is 11.1 Å². The molecule has 1 aromatic heterocycles. The van der Waals surface area contributed by atoms with E-state index >= 15 is 0 Å². The minimum Gasteiger partial charge on any atom is -0.491 e. The molecule has 5 atom stereocenters. The SMILES string of the molecule is CO[C@H]1/C=C/C[C@H](C)CS(=O)(NC(=O)c2cc3n(n2)CCOC3)=NC(=O)c2ccc3c(c2)N(Cc2ccc(Cl)cc2CCCCO3)C[C@@H]2CC[C@H]21. The molecule has 11 nitrogen and oxygen atoms in total. The number of amides is 2. The highest BCUT2D eigenvalue weighted by Crippen LogP contribution is 2.42. The van der Waals surface area contributed by atoms with Crippen LogP contribution in [0.5, 0.6) is 5.75 Å². The number of carbonyl (C=O) groups excluding carboxylic acids is 2. The van der Waals surface area contributed by atoms with Crippen molar-refractivity contribution in [1.82, 2.24) is 14.5 Å². The molecule has 4 aliphatic rings. The molecule has 2 bridgehead atoms. The summed E-state index contributed by atoms with van der Waals surface area (Å²) in [7, 11) is -1.82. The molecule has 1 aliphatic carbocycles. The third-order valence-electron chi connectivity index (χ3n) is 10.4. The summed E-state index contributed by atoms with van der Waals surface area (Å²) in [5.74, 6) is -0.146. The predicted molar refractivity (Wildman–Crippen MR) is 196 cm³/mol. The molecule has 0 saturated heterocycles. The molecule has 1 saturated carbocycles. The number of rotatable bonds is 3. The van der Waals surface area contributed by atoms with Crippen molar-refractivity contribution in [2.75, 3.05) is 37.5 Å². The molecule has 2 aromatic carbocycles. The minimum absolute atomic E-state index is 0.0191. The standard InChI is InChI=1S/C38H46ClN5O6S/c1-25-6-5-8-35(48-2)32-13-10-29(32)22-43-21-28-9-12-30(39)18-26(28)7-3-4-16-50-36-14-11-27(19-34(36)43)37(45)41-51(47,24-25)42-38(46)33-20-31-23-49-17-15-44(31)40-33/h5,8-9,11-12,14,18-20,25,29,32,35H,3-4,6-7,10,13,15-17,21-24H2,1-2H3,(H,41,42,45,46,47)/b8-5+/t25-,29-,32+,35-,51?/m0/s1. The van der Waals surface area contributed by atoms with Gasteiger partial charge in [0.25, 0.3) is 11.8 Å². The number of hydrogen-bond donors (Lipinski definition) is 1. The number of halogens is 1. The third-order valence-corrected chi connectivity index (χ3v) is 12.7. The molecule has 3 aromatic rings. The molecule has 13 heteroatoms. The molecule has 272 valence electrons. The Morgan fingerprint density at radius 1 is 1.10 bits per heavy atom. The quantitative estimate of drug-likeness (QED) is 0.308.